The maximum atomic E-state index is 12.9. The van der Waals surface area contributed by atoms with Crippen LogP contribution >= 0.6 is 11.3 Å². The quantitative estimate of drug-likeness (QED) is 0.168. The molecule has 46 heavy (non-hydrogen) atoms. The Kier molecular flexibility index (Phi) is 8.65. The lowest BCUT2D eigenvalue weighted by atomic mass is 9.86. The number of nitrogens with one attached hydrogen (secondary N) is 1. The largest absolute Gasteiger partial charge is 0.477 e. The molecule has 0 aliphatic rings. The lowest BCUT2D eigenvalue weighted by Gasteiger charge is -2.19. The summed E-state index contributed by atoms with van der Waals surface area (Å²) >= 11 is 1.69. The summed E-state index contributed by atoms with van der Waals surface area (Å²) in [6, 6.07) is 34.2. The van der Waals surface area contributed by atoms with Gasteiger partial charge in [-0.1, -0.05) is 93.6 Å². The number of aromatic nitrogens is 1. The third-order valence-electron chi connectivity index (χ3n) is 8.61. The molecule has 2 heterocycles. The van der Waals surface area contributed by atoms with Crippen molar-refractivity contribution in [2.24, 2.45) is 0 Å². The van der Waals surface area contributed by atoms with Gasteiger partial charge in [-0.3, -0.25) is 4.79 Å². The molecule has 6 rings (SSSR count). The van der Waals surface area contributed by atoms with Gasteiger partial charge in [-0.15, -0.1) is 11.3 Å². The molecule has 0 unspecified atom stereocenters. The number of benzene rings is 4. The Morgan fingerprint density at radius 2 is 1.52 bits per heavy atom. The van der Waals surface area contributed by atoms with Gasteiger partial charge in [-0.25, -0.2) is 4.79 Å². The summed E-state index contributed by atoms with van der Waals surface area (Å²) in [5.74, 6) is -1.04. The normalized spacial score (nSPS) is 11.6. The van der Waals surface area contributed by atoms with Crippen LogP contribution in [0.25, 0.3) is 33.2 Å². The van der Waals surface area contributed by atoms with Crippen molar-refractivity contribution < 1.29 is 14.7 Å². The number of fused-ring (bicyclic) bond motifs is 1. The molecule has 0 aliphatic heterocycles. The van der Waals surface area contributed by atoms with Crippen LogP contribution in [-0.4, -0.2) is 28.1 Å². The van der Waals surface area contributed by atoms with E-state index in [0.717, 1.165) is 50.7 Å². The second kappa shape index (κ2) is 12.8. The van der Waals surface area contributed by atoms with Crippen molar-refractivity contribution in [2.45, 2.75) is 46.1 Å². The minimum Gasteiger partial charge on any atom is -0.477 e. The molecule has 0 spiro atoms. The molecule has 0 atom stereocenters. The minimum atomic E-state index is -0.954. The standard InChI is InChI=1S/C40H38N2O3S/c1-26-11-12-30(27-13-15-29(16-14-27)38(43)41-22-21-33-8-7-23-46-33)24-31(26)25-42-35-10-6-5-9-34(35)36(37(42)39(44)45)28-17-19-32(20-18-28)40(2,3)4/h5-20,23-24H,21-22,25H2,1-4H3,(H,41,43)(H,44,45). The zero-order chi connectivity index (χ0) is 32.4. The molecular weight excluding hydrogens is 589 g/mol. The summed E-state index contributed by atoms with van der Waals surface area (Å²) in [4.78, 5) is 26.9. The molecule has 0 saturated heterocycles. The number of para-hydroxylation sites is 1. The molecule has 232 valence electrons. The summed E-state index contributed by atoms with van der Waals surface area (Å²) in [5, 5.41) is 16.6. The van der Waals surface area contributed by atoms with Gasteiger partial charge in [0.2, 0.25) is 0 Å². The number of carboxylic acid groups (broad SMARTS) is 1. The van der Waals surface area contributed by atoms with Gasteiger partial charge in [0.05, 0.1) is 0 Å². The molecule has 6 heteroatoms. The first-order valence-corrected chi connectivity index (χ1v) is 16.4. The fourth-order valence-electron chi connectivity index (χ4n) is 5.98. The minimum absolute atomic E-state index is 0.00161. The lowest BCUT2D eigenvalue weighted by molar-refractivity contribution is 0.0687. The Morgan fingerprint density at radius 3 is 2.20 bits per heavy atom. The number of nitrogens with zero attached hydrogens (tertiary/aromatic N) is 1. The van der Waals surface area contributed by atoms with E-state index in [9.17, 15) is 14.7 Å². The van der Waals surface area contributed by atoms with E-state index in [1.165, 1.54) is 10.4 Å². The highest BCUT2D eigenvalue weighted by molar-refractivity contribution is 7.09. The number of carbonyl (C=O) groups is 2. The highest BCUT2D eigenvalue weighted by atomic mass is 32.1. The molecule has 0 saturated carbocycles. The number of rotatable bonds is 9. The Balaban J connectivity index is 1.30. The summed E-state index contributed by atoms with van der Waals surface area (Å²) in [6.07, 6.45) is 0.818. The van der Waals surface area contributed by atoms with Gasteiger partial charge < -0.3 is 15.0 Å². The molecule has 4 aromatic carbocycles. The predicted octanol–water partition coefficient (Wildman–Crippen LogP) is 9.36. The van der Waals surface area contributed by atoms with Crippen LogP contribution in [0, 0.1) is 6.92 Å². The van der Waals surface area contributed by atoms with Crippen LogP contribution in [0.1, 0.15) is 63.2 Å². The first-order valence-electron chi connectivity index (χ1n) is 15.6. The predicted molar refractivity (Wildman–Crippen MR) is 189 cm³/mol. The molecule has 2 N–H and O–H groups in total. The zero-order valence-corrected chi connectivity index (χ0v) is 27.4. The smallest absolute Gasteiger partial charge is 0.353 e. The third-order valence-corrected chi connectivity index (χ3v) is 9.54. The zero-order valence-electron chi connectivity index (χ0n) is 26.6. The van der Waals surface area contributed by atoms with Crippen molar-refractivity contribution in [3.05, 3.63) is 141 Å². The molecule has 0 bridgehead atoms. The van der Waals surface area contributed by atoms with E-state index >= 15 is 0 Å². The molecule has 1 amide bonds. The third kappa shape index (κ3) is 6.40. The van der Waals surface area contributed by atoms with Gasteiger partial charge in [-0.05, 0) is 87.9 Å². The number of amides is 1. The second-order valence-corrected chi connectivity index (χ2v) is 13.8. The molecule has 0 radical (unpaired) electrons. The van der Waals surface area contributed by atoms with Gasteiger partial charge in [0.25, 0.3) is 5.91 Å². The van der Waals surface area contributed by atoms with E-state index in [4.69, 9.17) is 0 Å². The number of hydrogen-bond acceptors (Lipinski definition) is 3. The maximum absolute atomic E-state index is 12.9. The topological polar surface area (TPSA) is 71.3 Å². The first kappa shape index (κ1) is 31.1. The number of hydrogen-bond donors (Lipinski definition) is 2. The Morgan fingerprint density at radius 1 is 0.826 bits per heavy atom. The van der Waals surface area contributed by atoms with Crippen molar-refractivity contribution in [3.63, 3.8) is 0 Å². The number of thiophene rings is 1. The second-order valence-electron chi connectivity index (χ2n) is 12.8. The van der Waals surface area contributed by atoms with E-state index in [2.05, 4.69) is 69.4 Å². The van der Waals surface area contributed by atoms with Crippen molar-refractivity contribution >= 4 is 34.1 Å². The van der Waals surface area contributed by atoms with Crippen molar-refractivity contribution in [1.82, 2.24) is 9.88 Å². The van der Waals surface area contributed by atoms with Crippen LogP contribution in [0.3, 0.4) is 0 Å². The first-order chi connectivity index (χ1) is 22.1. The van der Waals surface area contributed by atoms with Crippen molar-refractivity contribution in [1.29, 1.82) is 0 Å². The Hall–Kier alpha value is -4.94. The fraction of sp³-hybridized carbons (Fsp3) is 0.200. The van der Waals surface area contributed by atoms with E-state index in [1.54, 1.807) is 11.3 Å². The van der Waals surface area contributed by atoms with Crippen LogP contribution in [0.5, 0.6) is 0 Å². The van der Waals surface area contributed by atoms with Gasteiger partial charge >= 0.3 is 5.97 Å². The van der Waals surface area contributed by atoms with Gasteiger partial charge in [0.15, 0.2) is 0 Å². The van der Waals surface area contributed by atoms with E-state index in [0.29, 0.717) is 18.7 Å². The summed E-state index contributed by atoms with van der Waals surface area (Å²) in [6.45, 7) is 9.58. The van der Waals surface area contributed by atoms with Crippen LogP contribution < -0.4 is 5.32 Å². The molecular formula is C40H38N2O3S. The van der Waals surface area contributed by atoms with E-state index < -0.39 is 5.97 Å². The Bertz CT molecular complexity index is 2010. The summed E-state index contributed by atoms with van der Waals surface area (Å²) in [7, 11) is 0. The average Bonchev–Trinajstić information content (AvgIpc) is 3.68. The number of carbonyl (C=O) groups excluding carboxylic acids is 1. The monoisotopic (exact) mass is 626 g/mol. The van der Waals surface area contributed by atoms with E-state index in [1.807, 2.05) is 76.7 Å². The van der Waals surface area contributed by atoms with Crippen LogP contribution in [0.4, 0.5) is 0 Å². The Labute approximate surface area is 274 Å². The summed E-state index contributed by atoms with van der Waals surface area (Å²) in [5.41, 5.74) is 8.73. The van der Waals surface area contributed by atoms with Gasteiger partial charge in [0.1, 0.15) is 5.69 Å². The molecule has 6 aromatic rings. The number of aromatic carboxylic acids is 1. The molecule has 0 fully saturated rings. The van der Waals surface area contributed by atoms with Crippen molar-refractivity contribution in [3.8, 4) is 22.3 Å². The highest BCUT2D eigenvalue weighted by Crippen LogP contribution is 2.37. The lowest BCUT2D eigenvalue weighted by Crippen LogP contribution is -2.25. The van der Waals surface area contributed by atoms with Crippen molar-refractivity contribution in [2.75, 3.05) is 6.54 Å². The number of carboxylic acids is 1. The van der Waals surface area contributed by atoms with E-state index in [-0.39, 0.29) is 17.0 Å². The molecule has 0 aliphatic carbocycles. The van der Waals surface area contributed by atoms with Crippen LogP contribution in [-0.2, 0) is 18.4 Å². The van der Waals surface area contributed by atoms with Crippen LogP contribution in [0.15, 0.2) is 109 Å². The van der Waals surface area contributed by atoms with Crippen LogP contribution in [0.2, 0.25) is 0 Å². The average molecular weight is 627 g/mol. The molecule has 5 nitrogen and oxygen atoms in total. The van der Waals surface area contributed by atoms with Gasteiger partial charge in [-0.2, -0.15) is 0 Å². The molecule has 2 aromatic heterocycles. The fourth-order valence-corrected chi connectivity index (χ4v) is 6.69. The summed E-state index contributed by atoms with van der Waals surface area (Å²) < 4.78 is 1.93. The SMILES string of the molecule is Cc1ccc(-c2ccc(C(=O)NCCc3cccs3)cc2)cc1Cn1c(C(=O)O)c(-c2ccc(C(C)(C)C)cc2)c2ccccc21. The van der Waals surface area contributed by atoms with Gasteiger partial charge in [0, 0.05) is 40.0 Å². The number of aryl methyl sites for hydroxylation is 1. The highest BCUT2D eigenvalue weighted by Gasteiger charge is 2.24. The maximum Gasteiger partial charge on any atom is 0.353 e.